The number of benzene rings is 4. The van der Waals surface area contributed by atoms with E-state index in [4.69, 9.17) is 19.5 Å². The summed E-state index contributed by atoms with van der Waals surface area (Å²) in [5.41, 5.74) is 3.62. The normalized spacial score (nSPS) is 29.1. The number of rotatable bonds is 9. The summed E-state index contributed by atoms with van der Waals surface area (Å²) in [6.07, 6.45) is 0. The van der Waals surface area contributed by atoms with Gasteiger partial charge in [-0.15, -0.1) is 43.6 Å². The van der Waals surface area contributed by atoms with Crippen molar-refractivity contribution in [3.8, 4) is 0 Å². The summed E-state index contributed by atoms with van der Waals surface area (Å²) in [5, 5.41) is 4.43. The first-order chi connectivity index (χ1) is 24.8. The van der Waals surface area contributed by atoms with Crippen LogP contribution < -0.4 is 0 Å². The standard InChI is InChI=1S/C40H46N4O4S2/c1-5-13-33(14-6-1)37-39(35-17-9-3-10-18-35,41-21-27-45-28-22-41)43(25-31-49-37)47-48-44-26-32-50-38(34-15-7-2-8-16-34)40(44,36-19-11-4-12-20-36)42-23-29-46-30-24-42/h1-20,37-38H,21-32H2. The van der Waals surface area contributed by atoms with Crippen molar-refractivity contribution >= 4 is 23.5 Å². The largest absolute Gasteiger partial charge is 0.379 e. The number of hydroxylamine groups is 4. The Labute approximate surface area is 304 Å². The van der Waals surface area contributed by atoms with E-state index >= 15 is 0 Å². The zero-order valence-corrected chi connectivity index (χ0v) is 30.1. The molecular weight excluding hydrogens is 665 g/mol. The van der Waals surface area contributed by atoms with Crippen LogP contribution in [-0.4, -0.2) is 97.1 Å². The van der Waals surface area contributed by atoms with Gasteiger partial charge in [-0.05, 0) is 22.3 Å². The predicted molar refractivity (Wildman–Crippen MR) is 200 cm³/mol. The Morgan fingerprint density at radius 3 is 1.16 bits per heavy atom. The number of morpholine rings is 2. The minimum absolute atomic E-state index is 0.0636. The second-order valence-corrected chi connectivity index (χ2v) is 15.5. The van der Waals surface area contributed by atoms with Crippen LogP contribution in [0.4, 0.5) is 0 Å². The minimum Gasteiger partial charge on any atom is -0.379 e. The zero-order chi connectivity index (χ0) is 33.6. The van der Waals surface area contributed by atoms with Crippen LogP contribution in [0.5, 0.6) is 0 Å². The van der Waals surface area contributed by atoms with E-state index in [1.165, 1.54) is 22.3 Å². The van der Waals surface area contributed by atoms with E-state index in [1.54, 1.807) is 0 Å². The van der Waals surface area contributed by atoms with Crippen LogP contribution in [-0.2, 0) is 30.8 Å². The van der Waals surface area contributed by atoms with Gasteiger partial charge in [-0.3, -0.25) is 9.80 Å². The molecule has 0 N–H and O–H groups in total. The van der Waals surface area contributed by atoms with Gasteiger partial charge < -0.3 is 9.47 Å². The molecule has 10 heteroatoms. The molecule has 4 fully saturated rings. The lowest BCUT2D eigenvalue weighted by Crippen LogP contribution is -2.67. The van der Waals surface area contributed by atoms with E-state index in [2.05, 4.69) is 141 Å². The van der Waals surface area contributed by atoms with Gasteiger partial charge in [0.05, 0.1) is 36.9 Å². The first-order valence-electron chi connectivity index (χ1n) is 17.8. The van der Waals surface area contributed by atoms with Gasteiger partial charge in [0.2, 0.25) is 0 Å². The Morgan fingerprint density at radius 2 is 0.800 bits per heavy atom. The smallest absolute Gasteiger partial charge is 0.143 e. The van der Waals surface area contributed by atoms with Crippen molar-refractivity contribution < 1.29 is 19.5 Å². The molecule has 8 rings (SSSR count). The van der Waals surface area contributed by atoms with Crippen molar-refractivity contribution in [2.45, 2.75) is 21.8 Å². The van der Waals surface area contributed by atoms with Crippen molar-refractivity contribution in [3.05, 3.63) is 144 Å². The molecule has 0 spiro atoms. The van der Waals surface area contributed by atoms with Crippen LogP contribution in [0.2, 0.25) is 0 Å². The van der Waals surface area contributed by atoms with Crippen LogP contribution >= 0.6 is 23.5 Å². The van der Waals surface area contributed by atoms with Crippen LogP contribution in [0.15, 0.2) is 121 Å². The molecule has 4 saturated heterocycles. The quantitative estimate of drug-likeness (QED) is 0.138. The van der Waals surface area contributed by atoms with Gasteiger partial charge in [-0.2, -0.15) is 0 Å². The first-order valence-corrected chi connectivity index (χ1v) is 19.9. The van der Waals surface area contributed by atoms with Gasteiger partial charge in [-0.1, -0.05) is 121 Å². The summed E-state index contributed by atoms with van der Waals surface area (Å²) in [7, 11) is 0. The molecule has 4 aromatic carbocycles. The second-order valence-electron chi connectivity index (χ2n) is 13.1. The lowest BCUT2D eigenvalue weighted by molar-refractivity contribution is -0.562. The number of thioether (sulfide) groups is 2. The summed E-state index contributed by atoms with van der Waals surface area (Å²) in [6.45, 7) is 7.23. The molecule has 50 heavy (non-hydrogen) atoms. The Morgan fingerprint density at radius 1 is 0.460 bits per heavy atom. The van der Waals surface area contributed by atoms with Crippen molar-refractivity contribution in [2.75, 3.05) is 77.2 Å². The van der Waals surface area contributed by atoms with Gasteiger partial charge in [0.25, 0.3) is 0 Å². The summed E-state index contributed by atoms with van der Waals surface area (Å²) in [6, 6.07) is 43.5. The van der Waals surface area contributed by atoms with Crippen molar-refractivity contribution in [1.82, 2.24) is 19.9 Å². The van der Waals surface area contributed by atoms with Crippen LogP contribution in [0.1, 0.15) is 32.8 Å². The Balaban J connectivity index is 1.24. The molecule has 262 valence electrons. The summed E-state index contributed by atoms with van der Waals surface area (Å²) in [5.74, 6) is 1.80. The first kappa shape index (κ1) is 34.4. The fraction of sp³-hybridized carbons (Fsp3) is 0.400. The maximum absolute atomic E-state index is 6.95. The third-order valence-corrected chi connectivity index (χ3v) is 13.2. The maximum atomic E-state index is 6.95. The molecule has 4 aliphatic heterocycles. The lowest BCUT2D eigenvalue weighted by atomic mass is 9.88. The molecule has 8 nitrogen and oxygen atoms in total. The predicted octanol–water partition coefficient (Wildman–Crippen LogP) is 6.72. The third kappa shape index (κ3) is 6.34. The van der Waals surface area contributed by atoms with E-state index in [-0.39, 0.29) is 10.5 Å². The van der Waals surface area contributed by atoms with Gasteiger partial charge in [0, 0.05) is 50.8 Å². The molecular formula is C40H46N4O4S2. The highest BCUT2D eigenvalue weighted by molar-refractivity contribution is 7.99. The molecule has 0 amide bonds. The number of nitrogens with zero attached hydrogens (tertiary/aromatic N) is 4. The van der Waals surface area contributed by atoms with Crippen LogP contribution in [0.25, 0.3) is 0 Å². The SMILES string of the molecule is c1ccc(C2SCCN(OON3CCSC(c4ccccc4)C3(c3ccccc3)N3CCOCC3)C2(c2ccccc2)N2CCOCC2)cc1. The highest BCUT2D eigenvalue weighted by Gasteiger charge is 2.58. The molecule has 0 bridgehead atoms. The Kier molecular flexibility index (Phi) is 10.9. The summed E-state index contributed by atoms with van der Waals surface area (Å²) < 4.78 is 11.9. The maximum Gasteiger partial charge on any atom is 0.143 e. The van der Waals surface area contributed by atoms with E-state index in [1.807, 2.05) is 23.5 Å². The topological polar surface area (TPSA) is 49.9 Å². The van der Waals surface area contributed by atoms with Gasteiger partial charge >= 0.3 is 0 Å². The van der Waals surface area contributed by atoms with E-state index < -0.39 is 11.3 Å². The Hall–Kier alpha value is -2.74. The molecule has 0 radical (unpaired) electrons. The fourth-order valence-corrected chi connectivity index (χ4v) is 11.3. The zero-order valence-electron chi connectivity index (χ0n) is 28.4. The molecule has 0 aliphatic carbocycles. The molecule has 4 aromatic rings. The van der Waals surface area contributed by atoms with Crippen molar-refractivity contribution in [2.24, 2.45) is 0 Å². The number of hydrogen-bond acceptors (Lipinski definition) is 10. The molecule has 4 aliphatic rings. The molecule has 0 saturated carbocycles. The Bertz CT molecular complexity index is 1510. The van der Waals surface area contributed by atoms with E-state index in [9.17, 15) is 0 Å². The van der Waals surface area contributed by atoms with Gasteiger partial charge in [-0.25, -0.2) is 0 Å². The number of hydrogen-bond donors (Lipinski definition) is 0. The summed E-state index contributed by atoms with van der Waals surface area (Å²) in [4.78, 5) is 19.0. The van der Waals surface area contributed by atoms with Gasteiger partial charge in [0.1, 0.15) is 11.3 Å². The minimum atomic E-state index is -0.646. The summed E-state index contributed by atoms with van der Waals surface area (Å²) >= 11 is 3.99. The van der Waals surface area contributed by atoms with Crippen molar-refractivity contribution in [3.63, 3.8) is 0 Å². The van der Waals surface area contributed by atoms with Gasteiger partial charge in [0.15, 0.2) is 0 Å². The van der Waals surface area contributed by atoms with Crippen LogP contribution in [0.3, 0.4) is 0 Å². The molecule has 4 heterocycles. The average molecular weight is 711 g/mol. The second kappa shape index (κ2) is 15.9. The van der Waals surface area contributed by atoms with E-state index in [0.717, 1.165) is 37.7 Å². The third-order valence-electron chi connectivity index (χ3n) is 10.5. The van der Waals surface area contributed by atoms with Crippen molar-refractivity contribution in [1.29, 1.82) is 0 Å². The molecule has 4 atom stereocenters. The average Bonchev–Trinajstić information content (AvgIpc) is 3.21. The lowest BCUT2D eigenvalue weighted by Gasteiger charge is -2.58. The monoisotopic (exact) mass is 710 g/mol. The highest BCUT2D eigenvalue weighted by Crippen LogP contribution is 2.56. The fourth-order valence-electron chi connectivity index (χ4n) is 8.30. The molecule has 4 unspecified atom stereocenters. The van der Waals surface area contributed by atoms with E-state index in [0.29, 0.717) is 39.5 Å². The highest BCUT2D eigenvalue weighted by atomic mass is 32.2. The van der Waals surface area contributed by atoms with Crippen LogP contribution in [0, 0.1) is 0 Å². The number of ether oxygens (including phenoxy) is 2. The molecule has 0 aromatic heterocycles.